The Morgan fingerprint density at radius 3 is 2.22 bits per heavy atom. The summed E-state index contributed by atoms with van der Waals surface area (Å²) in [4.78, 5) is 12.1. The third kappa shape index (κ3) is 1.35. The topological polar surface area (TPSA) is 17.1 Å². The molecule has 0 radical (unpaired) electrons. The highest BCUT2D eigenvalue weighted by atomic mass is 19.1. The van der Waals surface area contributed by atoms with Crippen molar-refractivity contribution in [1.82, 2.24) is 0 Å². The van der Waals surface area contributed by atoms with Crippen molar-refractivity contribution in [3.8, 4) is 0 Å². The number of ketones is 1. The van der Waals surface area contributed by atoms with Crippen molar-refractivity contribution < 1.29 is 9.18 Å². The molecule has 4 atom stereocenters. The second-order valence-corrected chi connectivity index (χ2v) is 6.53. The lowest BCUT2D eigenvalue weighted by molar-refractivity contribution is -0.142. The fourth-order valence-corrected chi connectivity index (χ4v) is 4.90. The Morgan fingerprint density at radius 2 is 1.61 bits per heavy atom. The van der Waals surface area contributed by atoms with Crippen LogP contribution in [0.4, 0.5) is 4.39 Å². The smallest absolute Gasteiger partial charge is 0.139 e. The molecule has 1 nitrogen and oxygen atoms in total. The van der Waals surface area contributed by atoms with Crippen LogP contribution >= 0.6 is 0 Å². The van der Waals surface area contributed by atoms with E-state index < -0.39 is 0 Å². The minimum atomic E-state index is -0.167. The van der Waals surface area contributed by atoms with Gasteiger partial charge in [-0.25, -0.2) is 4.39 Å². The van der Waals surface area contributed by atoms with Gasteiger partial charge in [0.05, 0.1) is 0 Å². The number of carbonyl (C=O) groups excluding carboxylic acids is 1. The van der Waals surface area contributed by atoms with E-state index in [2.05, 4.69) is 0 Å². The molecule has 0 heterocycles. The summed E-state index contributed by atoms with van der Waals surface area (Å²) < 4.78 is 13.1. The zero-order chi connectivity index (χ0) is 12.3. The number of hydrogen-bond acceptors (Lipinski definition) is 1. The van der Waals surface area contributed by atoms with E-state index in [0.29, 0.717) is 17.6 Å². The zero-order valence-electron chi connectivity index (χ0n) is 10.4. The van der Waals surface area contributed by atoms with Gasteiger partial charge in [0.15, 0.2) is 0 Å². The Labute approximate surface area is 106 Å². The molecule has 94 valence electrons. The first-order valence-corrected chi connectivity index (χ1v) is 6.96. The lowest BCUT2D eigenvalue weighted by atomic mass is 9.47. The summed E-state index contributed by atoms with van der Waals surface area (Å²) >= 11 is 0. The van der Waals surface area contributed by atoms with E-state index in [4.69, 9.17) is 0 Å². The van der Waals surface area contributed by atoms with Crippen LogP contribution in [0.2, 0.25) is 0 Å². The van der Waals surface area contributed by atoms with Gasteiger partial charge in [-0.3, -0.25) is 4.79 Å². The third-order valence-corrected chi connectivity index (χ3v) is 5.45. The van der Waals surface area contributed by atoms with Gasteiger partial charge in [0.25, 0.3) is 0 Å². The molecule has 4 saturated carbocycles. The van der Waals surface area contributed by atoms with E-state index in [1.54, 1.807) is 12.1 Å². The highest BCUT2D eigenvalue weighted by Crippen LogP contribution is 2.59. The van der Waals surface area contributed by atoms with Crippen molar-refractivity contribution >= 4 is 5.78 Å². The van der Waals surface area contributed by atoms with Crippen LogP contribution in [-0.2, 0) is 10.2 Å². The molecule has 4 aliphatic rings. The standard InChI is InChI=1S/C16H17FO/c17-14-3-1-13(2-4-14)16-7-10-5-11(8-16)15(18)12(6-10)9-16/h1-4,10-12H,5-9H2/t10?,11-,12+,16?. The van der Waals surface area contributed by atoms with Crippen molar-refractivity contribution in [3.05, 3.63) is 35.6 Å². The van der Waals surface area contributed by atoms with Gasteiger partial charge < -0.3 is 0 Å². The number of rotatable bonds is 1. The van der Waals surface area contributed by atoms with E-state index in [9.17, 15) is 9.18 Å². The van der Waals surface area contributed by atoms with Gasteiger partial charge in [-0.05, 0) is 61.1 Å². The van der Waals surface area contributed by atoms with Crippen LogP contribution in [0.15, 0.2) is 24.3 Å². The van der Waals surface area contributed by atoms with Gasteiger partial charge in [0, 0.05) is 11.8 Å². The van der Waals surface area contributed by atoms with Crippen LogP contribution in [0.25, 0.3) is 0 Å². The number of carbonyl (C=O) groups is 1. The van der Waals surface area contributed by atoms with Crippen LogP contribution in [0, 0.1) is 23.6 Å². The minimum absolute atomic E-state index is 0.167. The summed E-state index contributed by atoms with van der Waals surface area (Å²) in [5, 5.41) is 0. The Kier molecular flexibility index (Phi) is 2.04. The molecule has 4 bridgehead atoms. The molecule has 2 unspecified atom stereocenters. The van der Waals surface area contributed by atoms with Gasteiger partial charge in [-0.1, -0.05) is 12.1 Å². The predicted molar refractivity (Wildman–Crippen MR) is 66.6 cm³/mol. The van der Waals surface area contributed by atoms with Gasteiger partial charge >= 0.3 is 0 Å². The molecule has 1 aromatic carbocycles. The van der Waals surface area contributed by atoms with Crippen molar-refractivity contribution in [2.24, 2.45) is 17.8 Å². The van der Waals surface area contributed by atoms with Crippen LogP contribution in [0.1, 0.15) is 37.7 Å². The van der Waals surface area contributed by atoms with Gasteiger partial charge in [0.2, 0.25) is 0 Å². The number of hydrogen-bond donors (Lipinski definition) is 0. The lowest BCUT2D eigenvalue weighted by Crippen LogP contribution is -2.53. The molecular weight excluding hydrogens is 227 g/mol. The maximum atomic E-state index is 13.1. The Balaban J connectivity index is 1.76. The van der Waals surface area contributed by atoms with E-state index in [0.717, 1.165) is 31.6 Å². The third-order valence-electron chi connectivity index (χ3n) is 5.45. The van der Waals surface area contributed by atoms with Gasteiger partial charge in [0.1, 0.15) is 11.6 Å². The Morgan fingerprint density at radius 1 is 1.00 bits per heavy atom. The molecule has 18 heavy (non-hydrogen) atoms. The molecule has 4 aliphatic carbocycles. The molecule has 5 rings (SSSR count). The van der Waals surface area contributed by atoms with Crippen LogP contribution in [0.3, 0.4) is 0 Å². The molecule has 4 fully saturated rings. The van der Waals surface area contributed by atoms with Crippen molar-refractivity contribution in [2.75, 3.05) is 0 Å². The summed E-state index contributed by atoms with van der Waals surface area (Å²) in [7, 11) is 0. The molecular formula is C16H17FO. The summed E-state index contributed by atoms with van der Waals surface area (Å²) in [6.07, 6.45) is 5.43. The largest absolute Gasteiger partial charge is 0.299 e. The van der Waals surface area contributed by atoms with E-state index >= 15 is 0 Å². The molecule has 0 spiro atoms. The molecule has 0 amide bonds. The average molecular weight is 244 g/mol. The first-order valence-electron chi connectivity index (χ1n) is 6.96. The summed E-state index contributed by atoms with van der Waals surface area (Å²) in [6.45, 7) is 0. The second kappa shape index (κ2) is 3.43. The first kappa shape index (κ1) is 10.7. The highest BCUT2D eigenvalue weighted by Gasteiger charge is 2.55. The first-order chi connectivity index (χ1) is 8.66. The Hall–Kier alpha value is -1.18. The Bertz CT molecular complexity index is 486. The van der Waals surface area contributed by atoms with Crippen molar-refractivity contribution in [1.29, 1.82) is 0 Å². The molecule has 0 saturated heterocycles. The fourth-order valence-electron chi connectivity index (χ4n) is 4.90. The lowest BCUT2D eigenvalue weighted by Gasteiger charge is -2.56. The average Bonchev–Trinajstić information content (AvgIpc) is 2.35. The zero-order valence-corrected chi connectivity index (χ0v) is 10.4. The van der Waals surface area contributed by atoms with E-state index in [1.165, 1.54) is 12.0 Å². The van der Waals surface area contributed by atoms with Gasteiger partial charge in [-0.2, -0.15) is 0 Å². The van der Waals surface area contributed by atoms with Gasteiger partial charge in [-0.15, -0.1) is 0 Å². The molecule has 0 aromatic heterocycles. The number of halogens is 1. The normalized spacial score (nSPS) is 41.4. The number of Topliss-reactive ketones (excluding diaryl/α,β-unsaturated/α-hetero) is 1. The fraction of sp³-hybridized carbons (Fsp3) is 0.562. The molecule has 0 aliphatic heterocycles. The van der Waals surface area contributed by atoms with Crippen molar-refractivity contribution in [2.45, 2.75) is 37.5 Å². The second-order valence-electron chi connectivity index (χ2n) is 6.53. The molecule has 2 heteroatoms. The predicted octanol–water partition coefficient (Wildman–Crippen LogP) is 3.47. The van der Waals surface area contributed by atoms with E-state index in [1.807, 2.05) is 12.1 Å². The quantitative estimate of drug-likeness (QED) is 0.739. The van der Waals surface area contributed by atoms with Crippen LogP contribution in [0.5, 0.6) is 0 Å². The SMILES string of the molecule is O=C1[C@@H]2CC3C[C@H]1CC(c1ccc(F)cc1)(C3)C2. The molecule has 0 N–H and O–H groups in total. The monoisotopic (exact) mass is 244 g/mol. The summed E-state index contributed by atoms with van der Waals surface area (Å²) in [5.41, 5.74) is 1.44. The maximum absolute atomic E-state index is 13.1. The molecule has 1 aromatic rings. The summed E-state index contributed by atoms with van der Waals surface area (Å²) in [6, 6.07) is 7.01. The highest BCUT2D eigenvalue weighted by molar-refractivity contribution is 5.86. The van der Waals surface area contributed by atoms with Crippen LogP contribution in [-0.4, -0.2) is 5.78 Å². The van der Waals surface area contributed by atoms with Crippen molar-refractivity contribution in [3.63, 3.8) is 0 Å². The summed E-state index contributed by atoms with van der Waals surface area (Å²) in [5.74, 6) is 1.66. The van der Waals surface area contributed by atoms with Crippen LogP contribution < -0.4 is 0 Å². The number of benzene rings is 1. The van der Waals surface area contributed by atoms with E-state index in [-0.39, 0.29) is 11.2 Å². The minimum Gasteiger partial charge on any atom is -0.299 e. The maximum Gasteiger partial charge on any atom is 0.139 e.